The normalized spacial score (nSPS) is 11.1. The molecule has 5 heteroatoms. The van der Waals surface area contributed by atoms with Crippen LogP contribution < -0.4 is 0 Å². The van der Waals surface area contributed by atoms with Crippen LogP contribution in [-0.4, -0.2) is 25.3 Å². The number of furan rings is 1. The molecule has 0 radical (unpaired) electrons. The summed E-state index contributed by atoms with van der Waals surface area (Å²) in [5, 5.41) is 6.83. The first-order chi connectivity index (χ1) is 8.56. The zero-order valence-corrected chi connectivity index (χ0v) is 11.5. The quantitative estimate of drug-likeness (QED) is 0.625. The van der Waals surface area contributed by atoms with Crippen LogP contribution in [0.25, 0.3) is 11.3 Å². The molecule has 0 fully saturated rings. The highest BCUT2D eigenvalue weighted by molar-refractivity contribution is 6.42. The molecule has 1 heterocycles. The molecule has 2 aromatic rings. The van der Waals surface area contributed by atoms with Crippen molar-refractivity contribution >= 4 is 29.4 Å². The SMILES string of the molecule is CN(C)N=Cc1ccc(-c2ccc(Cl)c(Cl)c2)o1. The lowest BCUT2D eigenvalue weighted by atomic mass is 10.2. The number of halogens is 2. The Morgan fingerprint density at radius 1 is 1.11 bits per heavy atom. The van der Waals surface area contributed by atoms with Gasteiger partial charge in [0.25, 0.3) is 0 Å². The Morgan fingerprint density at radius 2 is 1.89 bits per heavy atom. The van der Waals surface area contributed by atoms with Crippen molar-refractivity contribution in [3.63, 3.8) is 0 Å². The minimum atomic E-state index is 0.508. The minimum absolute atomic E-state index is 0.508. The smallest absolute Gasteiger partial charge is 0.147 e. The number of nitrogens with zero attached hydrogens (tertiary/aromatic N) is 2. The summed E-state index contributed by atoms with van der Waals surface area (Å²) in [7, 11) is 3.69. The van der Waals surface area contributed by atoms with E-state index >= 15 is 0 Å². The molecule has 2 rings (SSSR count). The van der Waals surface area contributed by atoms with E-state index in [0.717, 1.165) is 11.3 Å². The number of benzene rings is 1. The Labute approximate surface area is 116 Å². The van der Waals surface area contributed by atoms with Gasteiger partial charge in [-0.1, -0.05) is 23.2 Å². The molecule has 0 spiro atoms. The Bertz CT molecular complexity index is 576. The third-order valence-corrected chi connectivity index (χ3v) is 2.99. The van der Waals surface area contributed by atoms with E-state index in [-0.39, 0.29) is 0 Å². The highest BCUT2D eigenvalue weighted by atomic mass is 35.5. The molecule has 0 saturated carbocycles. The third-order valence-electron chi connectivity index (χ3n) is 2.25. The molecule has 0 N–H and O–H groups in total. The first kappa shape index (κ1) is 13.0. The van der Waals surface area contributed by atoms with E-state index in [1.165, 1.54) is 0 Å². The molecule has 0 atom stereocenters. The van der Waals surface area contributed by atoms with Crippen LogP contribution in [0, 0.1) is 0 Å². The second-order valence-electron chi connectivity index (χ2n) is 3.92. The Kier molecular flexibility index (Phi) is 3.94. The van der Waals surface area contributed by atoms with Gasteiger partial charge in [0.1, 0.15) is 11.5 Å². The second kappa shape index (κ2) is 5.46. The summed E-state index contributed by atoms with van der Waals surface area (Å²) in [6.07, 6.45) is 1.65. The summed E-state index contributed by atoms with van der Waals surface area (Å²) >= 11 is 11.8. The van der Waals surface area contributed by atoms with Crippen LogP contribution in [0.15, 0.2) is 39.9 Å². The van der Waals surface area contributed by atoms with E-state index in [1.54, 1.807) is 23.4 Å². The Morgan fingerprint density at radius 3 is 2.56 bits per heavy atom. The molecular weight excluding hydrogens is 271 g/mol. The fourth-order valence-electron chi connectivity index (χ4n) is 1.40. The predicted molar refractivity (Wildman–Crippen MR) is 75.4 cm³/mol. The van der Waals surface area contributed by atoms with E-state index in [4.69, 9.17) is 27.6 Å². The van der Waals surface area contributed by atoms with Gasteiger partial charge in [0.05, 0.1) is 16.3 Å². The van der Waals surface area contributed by atoms with Gasteiger partial charge in [0.2, 0.25) is 0 Å². The van der Waals surface area contributed by atoms with E-state index in [0.29, 0.717) is 15.8 Å². The van der Waals surface area contributed by atoms with Crippen molar-refractivity contribution in [2.24, 2.45) is 5.10 Å². The third kappa shape index (κ3) is 3.06. The predicted octanol–water partition coefficient (Wildman–Crippen LogP) is 4.15. The van der Waals surface area contributed by atoms with Crippen molar-refractivity contribution in [1.82, 2.24) is 5.01 Å². The maximum absolute atomic E-state index is 5.97. The molecule has 0 aliphatic carbocycles. The fourth-order valence-corrected chi connectivity index (χ4v) is 1.70. The molecule has 94 valence electrons. The monoisotopic (exact) mass is 282 g/mol. The first-order valence-corrected chi connectivity index (χ1v) is 6.08. The Hall–Kier alpha value is -1.45. The zero-order chi connectivity index (χ0) is 13.1. The molecule has 0 saturated heterocycles. The van der Waals surface area contributed by atoms with Crippen LogP contribution in [0.1, 0.15) is 5.76 Å². The lowest BCUT2D eigenvalue weighted by molar-refractivity contribution is 0.438. The summed E-state index contributed by atoms with van der Waals surface area (Å²) in [5.41, 5.74) is 0.883. The van der Waals surface area contributed by atoms with Crippen molar-refractivity contribution in [2.45, 2.75) is 0 Å². The topological polar surface area (TPSA) is 28.7 Å². The maximum atomic E-state index is 5.97. The molecule has 1 aromatic carbocycles. The van der Waals surface area contributed by atoms with Crippen LogP contribution in [0.2, 0.25) is 10.0 Å². The van der Waals surface area contributed by atoms with Crippen LogP contribution in [0.5, 0.6) is 0 Å². The molecule has 0 unspecified atom stereocenters. The number of hydrazone groups is 1. The zero-order valence-electron chi connectivity index (χ0n) is 10.0. The fraction of sp³-hybridized carbons (Fsp3) is 0.154. The molecule has 0 aliphatic heterocycles. The first-order valence-electron chi connectivity index (χ1n) is 5.33. The van der Waals surface area contributed by atoms with Gasteiger partial charge < -0.3 is 9.43 Å². The van der Waals surface area contributed by atoms with Gasteiger partial charge in [-0.15, -0.1) is 0 Å². The van der Waals surface area contributed by atoms with Gasteiger partial charge in [-0.25, -0.2) is 0 Å². The summed E-state index contributed by atoms with van der Waals surface area (Å²) in [4.78, 5) is 0. The van der Waals surface area contributed by atoms with Gasteiger partial charge in [-0.3, -0.25) is 0 Å². The van der Waals surface area contributed by atoms with Crippen molar-refractivity contribution < 1.29 is 4.42 Å². The Balaban J connectivity index is 2.26. The van der Waals surface area contributed by atoms with Crippen molar-refractivity contribution in [1.29, 1.82) is 0 Å². The average molecular weight is 283 g/mol. The summed E-state index contributed by atoms with van der Waals surface area (Å²) in [6, 6.07) is 9.10. The van der Waals surface area contributed by atoms with Crippen LogP contribution in [0.3, 0.4) is 0 Å². The number of hydrogen-bond acceptors (Lipinski definition) is 3. The van der Waals surface area contributed by atoms with E-state index in [1.807, 2.05) is 32.3 Å². The van der Waals surface area contributed by atoms with Crippen molar-refractivity contribution in [3.8, 4) is 11.3 Å². The van der Waals surface area contributed by atoms with Crippen molar-refractivity contribution in [2.75, 3.05) is 14.1 Å². The molecular formula is C13H12Cl2N2O. The second-order valence-corrected chi connectivity index (χ2v) is 4.74. The standard InChI is InChI=1S/C13H12Cl2N2O/c1-17(2)16-8-10-4-6-13(18-10)9-3-5-11(14)12(15)7-9/h3-8H,1-2H3. The van der Waals surface area contributed by atoms with E-state index < -0.39 is 0 Å². The molecule has 1 aromatic heterocycles. The molecule has 0 aliphatic rings. The molecule has 18 heavy (non-hydrogen) atoms. The van der Waals surface area contributed by atoms with Crippen LogP contribution in [0.4, 0.5) is 0 Å². The lowest BCUT2D eigenvalue weighted by Gasteiger charge is -2.01. The number of hydrogen-bond donors (Lipinski definition) is 0. The van der Waals surface area contributed by atoms with Crippen LogP contribution in [-0.2, 0) is 0 Å². The molecule has 3 nitrogen and oxygen atoms in total. The van der Waals surface area contributed by atoms with Crippen molar-refractivity contribution in [3.05, 3.63) is 46.1 Å². The number of rotatable bonds is 3. The highest BCUT2D eigenvalue weighted by Gasteiger charge is 2.06. The molecule has 0 bridgehead atoms. The highest BCUT2D eigenvalue weighted by Crippen LogP contribution is 2.29. The van der Waals surface area contributed by atoms with E-state index in [2.05, 4.69) is 5.10 Å². The summed E-state index contributed by atoms with van der Waals surface area (Å²) < 4.78 is 5.64. The average Bonchev–Trinajstić information content (AvgIpc) is 2.79. The van der Waals surface area contributed by atoms with Crippen LogP contribution >= 0.6 is 23.2 Å². The summed E-state index contributed by atoms with van der Waals surface area (Å²) in [6.45, 7) is 0. The largest absolute Gasteiger partial charge is 0.455 e. The van der Waals surface area contributed by atoms with Gasteiger partial charge in [0, 0.05) is 19.7 Å². The maximum Gasteiger partial charge on any atom is 0.147 e. The van der Waals surface area contributed by atoms with Gasteiger partial charge in [0.15, 0.2) is 0 Å². The molecule has 0 amide bonds. The lowest BCUT2D eigenvalue weighted by Crippen LogP contribution is -2.01. The minimum Gasteiger partial charge on any atom is -0.455 e. The van der Waals surface area contributed by atoms with E-state index in [9.17, 15) is 0 Å². The summed E-state index contributed by atoms with van der Waals surface area (Å²) in [5.74, 6) is 1.42. The van der Waals surface area contributed by atoms with Gasteiger partial charge >= 0.3 is 0 Å². The van der Waals surface area contributed by atoms with Gasteiger partial charge in [-0.2, -0.15) is 5.10 Å². The van der Waals surface area contributed by atoms with Gasteiger partial charge in [-0.05, 0) is 30.3 Å².